The molecule has 0 aliphatic carbocycles. The van der Waals surface area contributed by atoms with Gasteiger partial charge in [0.25, 0.3) is 5.91 Å². The van der Waals surface area contributed by atoms with E-state index in [4.69, 9.17) is 5.14 Å². The number of primary sulfonamides is 1. The van der Waals surface area contributed by atoms with Gasteiger partial charge in [-0.25, -0.2) is 13.6 Å². The van der Waals surface area contributed by atoms with Crippen LogP contribution < -0.4 is 15.8 Å². The maximum Gasteiger partial charge on any atom is 0.267 e. The van der Waals surface area contributed by atoms with Crippen molar-refractivity contribution in [1.29, 1.82) is 0 Å². The molecule has 0 aromatic carbocycles. The van der Waals surface area contributed by atoms with Crippen molar-refractivity contribution in [2.45, 2.75) is 18.9 Å². The minimum Gasteiger partial charge on any atom is -0.350 e. The molecule has 1 fully saturated rings. The average molecular weight is 300 g/mol. The van der Waals surface area contributed by atoms with E-state index < -0.39 is 10.0 Å². The van der Waals surface area contributed by atoms with E-state index in [9.17, 15) is 13.2 Å². The highest BCUT2D eigenvalue weighted by Crippen LogP contribution is 2.21. The first-order chi connectivity index (χ1) is 9.47. The molecule has 0 radical (unpaired) electrons. The average Bonchev–Trinajstić information content (AvgIpc) is 2.87. The SMILES string of the molecule is NS(=O)(=O)CCNC(=O)c1cccn1C1CCNCC1. The van der Waals surface area contributed by atoms with E-state index in [1.54, 1.807) is 6.07 Å². The van der Waals surface area contributed by atoms with E-state index in [0.29, 0.717) is 11.7 Å². The lowest BCUT2D eigenvalue weighted by Gasteiger charge is -2.25. The number of carbonyl (C=O) groups excluding carboxylic acids is 1. The molecule has 112 valence electrons. The maximum atomic E-state index is 12.1. The molecule has 2 heterocycles. The van der Waals surface area contributed by atoms with Crippen LogP contribution in [0.15, 0.2) is 18.3 Å². The molecule has 1 amide bonds. The molecule has 0 unspecified atom stereocenters. The van der Waals surface area contributed by atoms with E-state index in [1.807, 2.05) is 16.8 Å². The highest BCUT2D eigenvalue weighted by Gasteiger charge is 2.19. The topological polar surface area (TPSA) is 106 Å². The number of nitrogens with two attached hydrogens (primary N) is 1. The van der Waals surface area contributed by atoms with E-state index >= 15 is 0 Å². The number of aromatic nitrogens is 1. The molecule has 0 atom stereocenters. The number of amides is 1. The van der Waals surface area contributed by atoms with Crippen LogP contribution in [0.2, 0.25) is 0 Å². The van der Waals surface area contributed by atoms with Gasteiger partial charge in [-0.3, -0.25) is 4.79 Å². The molecule has 2 rings (SSSR count). The van der Waals surface area contributed by atoms with Gasteiger partial charge in [0.2, 0.25) is 10.0 Å². The second-order valence-electron chi connectivity index (χ2n) is 4.90. The van der Waals surface area contributed by atoms with Crippen molar-refractivity contribution in [3.05, 3.63) is 24.0 Å². The quantitative estimate of drug-likeness (QED) is 0.677. The summed E-state index contributed by atoms with van der Waals surface area (Å²) in [5.74, 6) is -0.524. The Balaban J connectivity index is 1.98. The Hall–Kier alpha value is -1.38. The van der Waals surface area contributed by atoms with Crippen molar-refractivity contribution in [3.8, 4) is 0 Å². The molecule has 7 nitrogen and oxygen atoms in total. The standard InChI is InChI=1S/C12H20N4O3S/c13-20(18,19)9-7-15-12(17)11-2-1-8-16(11)10-3-5-14-6-4-10/h1-2,8,10,14H,3-7,9H2,(H,15,17)(H2,13,18,19). The fourth-order valence-electron chi connectivity index (χ4n) is 2.39. The van der Waals surface area contributed by atoms with Gasteiger partial charge < -0.3 is 15.2 Å². The summed E-state index contributed by atoms with van der Waals surface area (Å²) in [7, 11) is -3.55. The third-order valence-corrected chi connectivity index (χ3v) is 4.16. The molecule has 0 saturated carbocycles. The summed E-state index contributed by atoms with van der Waals surface area (Å²) < 4.78 is 23.6. The number of sulfonamides is 1. The largest absolute Gasteiger partial charge is 0.350 e. The van der Waals surface area contributed by atoms with Gasteiger partial charge in [-0.15, -0.1) is 0 Å². The fraction of sp³-hybridized carbons (Fsp3) is 0.583. The summed E-state index contributed by atoms with van der Waals surface area (Å²) in [6.45, 7) is 1.90. The summed E-state index contributed by atoms with van der Waals surface area (Å²) in [6.07, 6.45) is 3.85. The highest BCUT2D eigenvalue weighted by atomic mass is 32.2. The van der Waals surface area contributed by atoms with Crippen LogP contribution >= 0.6 is 0 Å². The molecule has 1 aliphatic rings. The van der Waals surface area contributed by atoms with Crippen molar-refractivity contribution in [1.82, 2.24) is 15.2 Å². The molecule has 1 aromatic rings. The fourth-order valence-corrected chi connectivity index (χ4v) is 2.77. The summed E-state index contributed by atoms with van der Waals surface area (Å²) in [4.78, 5) is 12.1. The summed E-state index contributed by atoms with van der Waals surface area (Å²) in [5, 5.41) is 10.8. The van der Waals surface area contributed by atoms with E-state index in [1.165, 1.54) is 0 Å². The third kappa shape index (κ3) is 4.06. The molecule has 20 heavy (non-hydrogen) atoms. The van der Waals surface area contributed by atoms with Crippen LogP contribution in [0.25, 0.3) is 0 Å². The molecule has 0 spiro atoms. The first-order valence-corrected chi connectivity index (χ1v) is 8.35. The first kappa shape index (κ1) is 15.0. The molecule has 1 saturated heterocycles. The van der Waals surface area contributed by atoms with Crippen LogP contribution in [0, 0.1) is 0 Å². The van der Waals surface area contributed by atoms with Crippen LogP contribution in [-0.2, 0) is 10.0 Å². The number of hydrogen-bond acceptors (Lipinski definition) is 4. The highest BCUT2D eigenvalue weighted by molar-refractivity contribution is 7.89. The Bertz CT molecular complexity index is 561. The van der Waals surface area contributed by atoms with Gasteiger partial charge in [0.15, 0.2) is 0 Å². The van der Waals surface area contributed by atoms with Crippen molar-refractivity contribution >= 4 is 15.9 Å². The van der Waals surface area contributed by atoms with Gasteiger partial charge in [0, 0.05) is 18.8 Å². The number of rotatable bonds is 5. The monoisotopic (exact) mass is 300 g/mol. The molecule has 0 bridgehead atoms. The number of hydrogen-bond donors (Lipinski definition) is 3. The lowest BCUT2D eigenvalue weighted by molar-refractivity contribution is 0.0943. The Morgan fingerprint density at radius 1 is 1.45 bits per heavy atom. The zero-order valence-electron chi connectivity index (χ0n) is 11.2. The van der Waals surface area contributed by atoms with E-state index in [-0.39, 0.29) is 18.2 Å². The zero-order valence-corrected chi connectivity index (χ0v) is 12.0. The van der Waals surface area contributed by atoms with Gasteiger partial charge in [-0.05, 0) is 38.1 Å². The maximum absolute atomic E-state index is 12.1. The predicted octanol–water partition coefficient (Wildman–Crippen LogP) is -0.569. The van der Waals surface area contributed by atoms with E-state index in [0.717, 1.165) is 25.9 Å². The van der Waals surface area contributed by atoms with Crippen LogP contribution in [0.3, 0.4) is 0 Å². The summed E-state index contributed by atoms with van der Waals surface area (Å²) >= 11 is 0. The minimum atomic E-state index is -3.55. The van der Waals surface area contributed by atoms with Gasteiger partial charge in [0.1, 0.15) is 5.69 Å². The predicted molar refractivity (Wildman–Crippen MR) is 75.9 cm³/mol. The van der Waals surface area contributed by atoms with Crippen molar-refractivity contribution < 1.29 is 13.2 Å². The zero-order chi connectivity index (χ0) is 14.6. The molecular formula is C12H20N4O3S. The van der Waals surface area contributed by atoms with Crippen LogP contribution in [0.1, 0.15) is 29.4 Å². The van der Waals surface area contributed by atoms with Gasteiger partial charge in [-0.1, -0.05) is 0 Å². The third-order valence-electron chi connectivity index (χ3n) is 3.39. The molecule has 8 heteroatoms. The van der Waals surface area contributed by atoms with Gasteiger partial charge in [0.05, 0.1) is 5.75 Å². The Kier molecular flexibility index (Phi) is 4.79. The van der Waals surface area contributed by atoms with Crippen LogP contribution in [0.5, 0.6) is 0 Å². The number of nitrogens with one attached hydrogen (secondary N) is 2. The van der Waals surface area contributed by atoms with Crippen LogP contribution in [-0.4, -0.2) is 44.3 Å². The number of nitrogens with zero attached hydrogens (tertiary/aromatic N) is 1. The Labute approximate surface area is 118 Å². The van der Waals surface area contributed by atoms with Crippen molar-refractivity contribution in [2.75, 3.05) is 25.4 Å². The molecule has 1 aliphatic heterocycles. The number of piperidine rings is 1. The van der Waals surface area contributed by atoms with E-state index in [2.05, 4.69) is 10.6 Å². The minimum absolute atomic E-state index is 0.0229. The lowest BCUT2D eigenvalue weighted by Crippen LogP contribution is -2.34. The van der Waals surface area contributed by atoms with Gasteiger partial charge in [-0.2, -0.15) is 0 Å². The Morgan fingerprint density at radius 3 is 2.80 bits per heavy atom. The second kappa shape index (κ2) is 6.38. The second-order valence-corrected chi connectivity index (χ2v) is 6.64. The van der Waals surface area contributed by atoms with Crippen molar-refractivity contribution in [3.63, 3.8) is 0 Å². The molecule has 1 aromatic heterocycles. The smallest absolute Gasteiger partial charge is 0.267 e. The summed E-state index contributed by atoms with van der Waals surface area (Å²) in [6, 6.07) is 3.88. The molecular weight excluding hydrogens is 280 g/mol. The number of carbonyl (C=O) groups is 1. The Morgan fingerprint density at radius 2 is 2.15 bits per heavy atom. The molecule has 4 N–H and O–H groups in total. The van der Waals surface area contributed by atoms with Gasteiger partial charge >= 0.3 is 0 Å². The first-order valence-electron chi connectivity index (χ1n) is 6.63. The van der Waals surface area contributed by atoms with Crippen molar-refractivity contribution in [2.24, 2.45) is 5.14 Å². The lowest BCUT2D eigenvalue weighted by atomic mass is 10.1. The summed E-state index contributed by atoms with van der Waals surface area (Å²) in [5.41, 5.74) is 0.561. The van der Waals surface area contributed by atoms with Crippen LogP contribution in [0.4, 0.5) is 0 Å². The normalized spacial score (nSPS) is 17.1.